The number of benzene rings is 1. The highest BCUT2D eigenvalue weighted by Gasteiger charge is 2.22. The number of hydrogen-bond donors (Lipinski definition) is 1. The van der Waals surface area contributed by atoms with Crippen molar-refractivity contribution in [3.63, 3.8) is 0 Å². The minimum Gasteiger partial charge on any atom is -0.477 e. The molecule has 0 spiro atoms. The second-order valence-corrected chi connectivity index (χ2v) is 5.26. The van der Waals surface area contributed by atoms with Crippen LogP contribution in [0.2, 0.25) is 0 Å². The molecule has 102 valence electrons. The molecule has 1 aliphatic heterocycles. The number of fused-ring (bicyclic) bond motifs is 1. The molecule has 4 heteroatoms. The number of nitrogens with zero attached hydrogens (tertiary/aromatic N) is 2. The molecule has 0 fully saturated rings. The lowest BCUT2D eigenvalue weighted by atomic mass is 9.93. The van der Waals surface area contributed by atoms with Crippen molar-refractivity contribution < 1.29 is 9.90 Å². The van der Waals surface area contributed by atoms with Gasteiger partial charge in [-0.3, -0.25) is 0 Å². The van der Waals surface area contributed by atoms with Gasteiger partial charge in [0.15, 0.2) is 0 Å². The Hall–Kier alpha value is -2.36. The van der Waals surface area contributed by atoms with E-state index in [0.717, 1.165) is 18.7 Å². The lowest BCUT2D eigenvalue weighted by Crippen LogP contribution is -2.30. The van der Waals surface area contributed by atoms with E-state index < -0.39 is 5.97 Å². The molecule has 0 saturated carbocycles. The fourth-order valence-electron chi connectivity index (χ4n) is 2.71. The van der Waals surface area contributed by atoms with Crippen LogP contribution >= 0.6 is 0 Å². The number of hydrogen-bond acceptors (Lipinski definition) is 3. The van der Waals surface area contributed by atoms with E-state index in [0.29, 0.717) is 5.92 Å². The zero-order chi connectivity index (χ0) is 14.1. The number of aromatic nitrogens is 1. The van der Waals surface area contributed by atoms with E-state index in [1.54, 1.807) is 12.3 Å². The van der Waals surface area contributed by atoms with Crippen LogP contribution in [-0.2, 0) is 6.42 Å². The van der Waals surface area contributed by atoms with Gasteiger partial charge in [-0.25, -0.2) is 9.78 Å². The second-order valence-electron chi connectivity index (χ2n) is 5.26. The summed E-state index contributed by atoms with van der Waals surface area (Å²) in [7, 11) is 0. The Morgan fingerprint density at radius 3 is 2.80 bits per heavy atom. The Balaban J connectivity index is 1.99. The van der Waals surface area contributed by atoms with Crippen molar-refractivity contribution in [2.24, 2.45) is 5.92 Å². The first-order chi connectivity index (χ1) is 9.65. The van der Waals surface area contributed by atoms with Crippen molar-refractivity contribution in [2.75, 3.05) is 11.4 Å². The summed E-state index contributed by atoms with van der Waals surface area (Å²) in [6, 6.07) is 11.7. The number of carbonyl (C=O) groups is 1. The number of aromatic carboxylic acids is 1. The third kappa shape index (κ3) is 2.25. The van der Waals surface area contributed by atoms with Crippen LogP contribution in [0.4, 0.5) is 11.4 Å². The van der Waals surface area contributed by atoms with Gasteiger partial charge in [-0.05, 0) is 36.1 Å². The van der Waals surface area contributed by atoms with Crippen molar-refractivity contribution in [1.29, 1.82) is 0 Å². The molecule has 0 radical (unpaired) electrons. The maximum absolute atomic E-state index is 10.9. The standard InChI is InChI=1S/C16H16N2O2/c1-11-8-12-4-2-3-5-15(12)18(10-11)13-6-7-14(16(19)20)17-9-13/h2-7,9,11H,8,10H2,1H3,(H,19,20). The number of carboxylic acid groups (broad SMARTS) is 1. The summed E-state index contributed by atoms with van der Waals surface area (Å²) in [6.07, 6.45) is 2.71. The molecule has 1 N–H and O–H groups in total. The summed E-state index contributed by atoms with van der Waals surface area (Å²) in [6.45, 7) is 3.15. The van der Waals surface area contributed by atoms with Gasteiger partial charge in [0.25, 0.3) is 0 Å². The largest absolute Gasteiger partial charge is 0.477 e. The zero-order valence-corrected chi connectivity index (χ0v) is 11.3. The predicted octanol–water partition coefficient (Wildman–Crippen LogP) is 3.11. The number of rotatable bonds is 2. The van der Waals surface area contributed by atoms with E-state index in [1.165, 1.54) is 11.3 Å². The van der Waals surface area contributed by atoms with Crippen molar-refractivity contribution in [3.8, 4) is 0 Å². The lowest BCUT2D eigenvalue weighted by Gasteiger charge is -2.34. The van der Waals surface area contributed by atoms with Gasteiger partial charge in [0.05, 0.1) is 11.9 Å². The Labute approximate surface area is 117 Å². The highest BCUT2D eigenvalue weighted by atomic mass is 16.4. The monoisotopic (exact) mass is 268 g/mol. The maximum Gasteiger partial charge on any atom is 0.354 e. The SMILES string of the molecule is CC1Cc2ccccc2N(c2ccc(C(=O)O)nc2)C1. The van der Waals surface area contributed by atoms with Crippen LogP contribution in [-0.4, -0.2) is 22.6 Å². The van der Waals surface area contributed by atoms with Gasteiger partial charge in [0.1, 0.15) is 5.69 Å². The van der Waals surface area contributed by atoms with Gasteiger partial charge in [-0.15, -0.1) is 0 Å². The molecular formula is C16H16N2O2. The molecule has 2 aromatic rings. The number of carboxylic acids is 1. The highest BCUT2D eigenvalue weighted by molar-refractivity contribution is 5.85. The van der Waals surface area contributed by atoms with Crippen LogP contribution in [0.3, 0.4) is 0 Å². The molecule has 20 heavy (non-hydrogen) atoms. The minimum atomic E-state index is -0.996. The maximum atomic E-state index is 10.9. The molecule has 0 aliphatic carbocycles. The molecule has 3 rings (SSSR count). The van der Waals surface area contributed by atoms with E-state index in [1.807, 2.05) is 12.1 Å². The van der Waals surface area contributed by atoms with E-state index in [9.17, 15) is 4.79 Å². The lowest BCUT2D eigenvalue weighted by molar-refractivity contribution is 0.0690. The van der Waals surface area contributed by atoms with Crippen molar-refractivity contribution >= 4 is 17.3 Å². The van der Waals surface area contributed by atoms with Crippen LogP contribution in [0.5, 0.6) is 0 Å². The third-order valence-electron chi connectivity index (χ3n) is 3.62. The first kappa shape index (κ1) is 12.7. The average molecular weight is 268 g/mol. The van der Waals surface area contributed by atoms with Crippen LogP contribution in [0.15, 0.2) is 42.6 Å². The van der Waals surface area contributed by atoms with Crippen LogP contribution in [0, 0.1) is 5.92 Å². The van der Waals surface area contributed by atoms with E-state index in [-0.39, 0.29) is 5.69 Å². The molecule has 4 nitrogen and oxygen atoms in total. The van der Waals surface area contributed by atoms with Gasteiger partial charge < -0.3 is 10.0 Å². The first-order valence-corrected chi connectivity index (χ1v) is 6.70. The Kier molecular flexibility index (Phi) is 3.14. The van der Waals surface area contributed by atoms with Crippen molar-refractivity contribution in [3.05, 3.63) is 53.9 Å². The van der Waals surface area contributed by atoms with E-state index in [2.05, 4.69) is 35.0 Å². The summed E-state index contributed by atoms with van der Waals surface area (Å²) in [5.74, 6) is -0.437. The van der Waals surface area contributed by atoms with Gasteiger partial charge in [0, 0.05) is 12.2 Å². The van der Waals surface area contributed by atoms with Gasteiger partial charge in [0.2, 0.25) is 0 Å². The molecule has 1 aliphatic rings. The zero-order valence-electron chi connectivity index (χ0n) is 11.3. The van der Waals surface area contributed by atoms with Gasteiger partial charge in [-0.1, -0.05) is 25.1 Å². The summed E-state index contributed by atoms with van der Waals surface area (Å²) < 4.78 is 0. The summed E-state index contributed by atoms with van der Waals surface area (Å²) >= 11 is 0. The Morgan fingerprint density at radius 2 is 2.10 bits per heavy atom. The van der Waals surface area contributed by atoms with E-state index in [4.69, 9.17) is 5.11 Å². The Bertz CT molecular complexity index is 637. The number of pyridine rings is 1. The normalized spacial score (nSPS) is 17.6. The fourth-order valence-corrected chi connectivity index (χ4v) is 2.71. The smallest absolute Gasteiger partial charge is 0.354 e. The van der Waals surface area contributed by atoms with Gasteiger partial charge >= 0.3 is 5.97 Å². The second kappa shape index (κ2) is 4.96. The third-order valence-corrected chi connectivity index (χ3v) is 3.62. The molecule has 0 amide bonds. The quantitative estimate of drug-likeness (QED) is 0.909. The summed E-state index contributed by atoms with van der Waals surface area (Å²) in [5, 5.41) is 8.91. The minimum absolute atomic E-state index is 0.0760. The average Bonchev–Trinajstić information content (AvgIpc) is 2.46. The fraction of sp³-hybridized carbons (Fsp3) is 0.250. The molecule has 1 unspecified atom stereocenters. The molecule has 0 saturated heterocycles. The Morgan fingerprint density at radius 1 is 1.30 bits per heavy atom. The van der Waals surface area contributed by atoms with Crippen LogP contribution in [0.1, 0.15) is 23.0 Å². The first-order valence-electron chi connectivity index (χ1n) is 6.70. The number of para-hydroxylation sites is 1. The topological polar surface area (TPSA) is 53.4 Å². The number of anilines is 2. The molecule has 1 aromatic heterocycles. The molecule has 2 heterocycles. The van der Waals surface area contributed by atoms with Gasteiger partial charge in [-0.2, -0.15) is 0 Å². The van der Waals surface area contributed by atoms with Crippen LogP contribution in [0.25, 0.3) is 0 Å². The van der Waals surface area contributed by atoms with Crippen LogP contribution < -0.4 is 4.90 Å². The van der Waals surface area contributed by atoms with Crippen molar-refractivity contribution in [2.45, 2.75) is 13.3 Å². The molecular weight excluding hydrogens is 252 g/mol. The summed E-state index contributed by atoms with van der Waals surface area (Å²) in [5.41, 5.74) is 3.53. The molecule has 1 aromatic carbocycles. The van der Waals surface area contributed by atoms with Crippen molar-refractivity contribution in [1.82, 2.24) is 4.98 Å². The molecule has 0 bridgehead atoms. The summed E-state index contributed by atoms with van der Waals surface area (Å²) in [4.78, 5) is 17.1. The predicted molar refractivity (Wildman–Crippen MR) is 77.5 cm³/mol. The van der Waals surface area contributed by atoms with E-state index >= 15 is 0 Å². The highest BCUT2D eigenvalue weighted by Crippen LogP contribution is 2.34. The molecule has 1 atom stereocenters.